The summed E-state index contributed by atoms with van der Waals surface area (Å²) in [4.78, 5) is 0. The van der Waals surface area contributed by atoms with Crippen molar-refractivity contribution in [1.82, 2.24) is 0 Å². The van der Waals surface area contributed by atoms with Gasteiger partial charge in [0.15, 0.2) is 0 Å². The Hall–Kier alpha value is -0.320. The van der Waals surface area contributed by atoms with Gasteiger partial charge in [0.1, 0.15) is 5.75 Å². The second-order valence-corrected chi connectivity index (χ2v) is 10.6. The van der Waals surface area contributed by atoms with Crippen LogP contribution in [0.3, 0.4) is 0 Å². The Labute approximate surface area is 162 Å². The van der Waals surface area contributed by atoms with Crippen molar-refractivity contribution in [2.75, 3.05) is 31.8 Å². The molecule has 1 unspecified atom stereocenters. The molecule has 25 heavy (non-hydrogen) atoms. The van der Waals surface area contributed by atoms with Crippen molar-refractivity contribution in [3.05, 3.63) is 29.3 Å². The lowest BCUT2D eigenvalue weighted by atomic mass is 9.99. The van der Waals surface area contributed by atoms with Gasteiger partial charge in [-0.1, -0.05) is 32.9 Å². The predicted molar refractivity (Wildman–Crippen MR) is 113 cm³/mol. The molecule has 0 radical (unpaired) electrons. The van der Waals surface area contributed by atoms with Crippen molar-refractivity contribution in [3.8, 4) is 5.75 Å². The largest absolute Gasteiger partial charge is 0.496 e. The summed E-state index contributed by atoms with van der Waals surface area (Å²) in [6.07, 6.45) is 3.85. The van der Waals surface area contributed by atoms with Crippen LogP contribution in [0.1, 0.15) is 51.2 Å². The van der Waals surface area contributed by atoms with E-state index in [9.17, 15) is 0 Å². The Bertz CT molecular complexity index is 519. The van der Waals surface area contributed by atoms with Gasteiger partial charge in [0.25, 0.3) is 0 Å². The highest BCUT2D eigenvalue weighted by Gasteiger charge is 2.36. The zero-order valence-electron chi connectivity index (χ0n) is 16.5. The minimum Gasteiger partial charge on any atom is -0.496 e. The molecule has 1 aromatic rings. The number of aryl methyl sites for hydroxylation is 1. The maximum absolute atomic E-state index is 5.39. The van der Waals surface area contributed by atoms with E-state index in [1.54, 1.807) is 7.11 Å². The fourth-order valence-corrected chi connectivity index (χ4v) is 7.02. The number of benzene rings is 1. The van der Waals surface area contributed by atoms with Crippen LogP contribution in [0.15, 0.2) is 18.2 Å². The summed E-state index contributed by atoms with van der Waals surface area (Å²) < 4.78 is 10.7. The number of hydrogen-bond donors (Lipinski definition) is 0. The number of thioether (sulfide) groups is 2. The van der Waals surface area contributed by atoms with Gasteiger partial charge in [-0.25, -0.2) is 0 Å². The summed E-state index contributed by atoms with van der Waals surface area (Å²) in [5.74, 6) is 5.11. The molecule has 2 heterocycles. The third kappa shape index (κ3) is 6.11. The average molecular weight is 383 g/mol. The van der Waals surface area contributed by atoms with Gasteiger partial charge in [-0.15, -0.1) is 23.5 Å². The van der Waals surface area contributed by atoms with E-state index >= 15 is 0 Å². The van der Waals surface area contributed by atoms with Crippen molar-refractivity contribution in [3.63, 3.8) is 0 Å². The second kappa shape index (κ2) is 10.1. The van der Waals surface area contributed by atoms with E-state index in [4.69, 9.17) is 9.47 Å². The normalized spacial score (nSPS) is 22.4. The zero-order chi connectivity index (χ0) is 18.3. The van der Waals surface area contributed by atoms with Crippen molar-refractivity contribution in [2.45, 2.75) is 51.0 Å². The van der Waals surface area contributed by atoms with Crippen LogP contribution in [0.25, 0.3) is 0 Å². The molecular formula is C21H34O2S2. The third-order valence-electron chi connectivity index (χ3n) is 4.63. The van der Waals surface area contributed by atoms with E-state index in [0.717, 1.165) is 30.8 Å². The molecule has 2 aliphatic heterocycles. The fraction of sp³-hybridized carbons (Fsp3) is 0.714. The standard InChI is InChI=1S/C16H24OS2.C5H10O/c1-12(2)11-16(18-8-5-9-19-16)14-6-7-15(17-4)13(3)10-14;1-5-2-3-6-4-5/h6-7,10,12H,5,8-9,11H2,1-4H3;5H,2-4H2,1H3. The second-order valence-electron chi connectivity index (χ2n) is 7.55. The Morgan fingerprint density at radius 2 is 2.00 bits per heavy atom. The van der Waals surface area contributed by atoms with Gasteiger partial charge in [-0.05, 0) is 66.7 Å². The highest BCUT2D eigenvalue weighted by Crippen LogP contribution is 2.54. The zero-order valence-corrected chi connectivity index (χ0v) is 18.1. The molecule has 1 aromatic carbocycles. The van der Waals surface area contributed by atoms with Gasteiger partial charge in [0.05, 0.1) is 11.2 Å². The molecule has 0 saturated carbocycles. The first-order valence-electron chi connectivity index (χ1n) is 9.47. The molecule has 2 aliphatic rings. The lowest BCUT2D eigenvalue weighted by Crippen LogP contribution is -2.25. The van der Waals surface area contributed by atoms with Crippen molar-refractivity contribution in [1.29, 1.82) is 0 Å². The smallest absolute Gasteiger partial charge is 0.121 e. The van der Waals surface area contributed by atoms with E-state index in [1.807, 2.05) is 0 Å². The van der Waals surface area contributed by atoms with Gasteiger partial charge in [-0.3, -0.25) is 0 Å². The van der Waals surface area contributed by atoms with Crippen LogP contribution in [-0.4, -0.2) is 31.8 Å². The van der Waals surface area contributed by atoms with Crippen LogP contribution >= 0.6 is 23.5 Å². The molecule has 0 amide bonds. The van der Waals surface area contributed by atoms with Gasteiger partial charge < -0.3 is 9.47 Å². The van der Waals surface area contributed by atoms with Crippen LogP contribution in [0, 0.1) is 18.8 Å². The summed E-state index contributed by atoms with van der Waals surface area (Å²) in [5.41, 5.74) is 2.71. The summed E-state index contributed by atoms with van der Waals surface area (Å²) in [6, 6.07) is 6.72. The molecule has 2 fully saturated rings. The summed E-state index contributed by atoms with van der Waals surface area (Å²) in [5, 5.41) is 0. The van der Waals surface area contributed by atoms with Crippen molar-refractivity contribution in [2.24, 2.45) is 11.8 Å². The number of ether oxygens (including phenoxy) is 2. The van der Waals surface area contributed by atoms with Crippen LogP contribution in [0.5, 0.6) is 5.75 Å². The first-order valence-corrected chi connectivity index (χ1v) is 11.4. The minimum absolute atomic E-state index is 0.253. The van der Waals surface area contributed by atoms with Gasteiger partial charge in [-0.2, -0.15) is 0 Å². The van der Waals surface area contributed by atoms with Gasteiger partial charge in [0.2, 0.25) is 0 Å². The molecule has 3 rings (SSSR count). The maximum atomic E-state index is 5.39. The lowest BCUT2D eigenvalue weighted by Gasteiger charge is -2.38. The van der Waals surface area contributed by atoms with E-state index in [-0.39, 0.29) is 4.08 Å². The van der Waals surface area contributed by atoms with Crippen molar-refractivity contribution >= 4 is 23.5 Å². The third-order valence-corrected chi connectivity index (χ3v) is 8.06. The number of methoxy groups -OCH3 is 1. The Kier molecular flexibility index (Phi) is 8.50. The first kappa shape index (κ1) is 21.0. The fourth-order valence-electron chi connectivity index (χ4n) is 3.28. The Balaban J connectivity index is 0.000000316. The highest BCUT2D eigenvalue weighted by molar-refractivity contribution is 8.18. The SMILES string of the molecule is CC1CCOC1.COc1ccc(C2(CC(C)C)SCCCS2)cc1C. The van der Waals surface area contributed by atoms with Crippen LogP contribution < -0.4 is 4.74 Å². The molecule has 4 heteroatoms. The topological polar surface area (TPSA) is 18.5 Å². The molecule has 0 N–H and O–H groups in total. The molecule has 142 valence electrons. The van der Waals surface area contributed by atoms with Crippen LogP contribution in [0.2, 0.25) is 0 Å². The predicted octanol–water partition coefficient (Wildman–Crippen LogP) is 6.12. The minimum atomic E-state index is 0.253. The number of hydrogen-bond acceptors (Lipinski definition) is 4. The highest BCUT2D eigenvalue weighted by atomic mass is 32.2. The van der Waals surface area contributed by atoms with E-state index in [2.05, 4.69) is 69.4 Å². The van der Waals surface area contributed by atoms with Crippen molar-refractivity contribution < 1.29 is 9.47 Å². The van der Waals surface area contributed by atoms with Gasteiger partial charge in [0, 0.05) is 13.2 Å². The number of rotatable bonds is 4. The molecule has 2 nitrogen and oxygen atoms in total. The summed E-state index contributed by atoms with van der Waals surface area (Å²) >= 11 is 4.27. The summed E-state index contributed by atoms with van der Waals surface area (Å²) in [7, 11) is 1.75. The molecular weight excluding hydrogens is 348 g/mol. The molecule has 0 spiro atoms. The Morgan fingerprint density at radius 3 is 2.44 bits per heavy atom. The quantitative estimate of drug-likeness (QED) is 0.624. The molecule has 0 aliphatic carbocycles. The average Bonchev–Trinajstić information content (AvgIpc) is 3.06. The lowest BCUT2D eigenvalue weighted by molar-refractivity contribution is 0.188. The Morgan fingerprint density at radius 1 is 1.28 bits per heavy atom. The summed E-state index contributed by atoms with van der Waals surface area (Å²) in [6.45, 7) is 11.0. The molecule has 0 aromatic heterocycles. The monoisotopic (exact) mass is 382 g/mol. The maximum Gasteiger partial charge on any atom is 0.121 e. The van der Waals surface area contributed by atoms with Gasteiger partial charge >= 0.3 is 0 Å². The first-order chi connectivity index (χ1) is 12.0. The van der Waals surface area contributed by atoms with Crippen LogP contribution in [-0.2, 0) is 8.82 Å². The van der Waals surface area contributed by atoms with E-state index in [0.29, 0.717) is 0 Å². The molecule has 1 atom stereocenters. The van der Waals surface area contributed by atoms with E-state index < -0.39 is 0 Å². The van der Waals surface area contributed by atoms with E-state index in [1.165, 1.54) is 41.9 Å². The molecule has 0 bridgehead atoms. The molecule has 2 saturated heterocycles. The van der Waals surface area contributed by atoms with Crippen LogP contribution in [0.4, 0.5) is 0 Å².